The van der Waals surface area contributed by atoms with Crippen LogP contribution in [-0.2, 0) is 16.0 Å². The van der Waals surface area contributed by atoms with Crippen molar-refractivity contribution in [2.45, 2.75) is 36.4 Å². The average molecular weight is 545 g/mol. The SMILES string of the molecule is CCOC(=O)c1cc(C)cc(Oc2nc(SC)nc(NC(Cc3ccc(S)cc3)C(=O)O)c2[N+](=O)[O-])c1. The van der Waals surface area contributed by atoms with E-state index in [2.05, 4.69) is 27.9 Å². The van der Waals surface area contributed by atoms with E-state index in [-0.39, 0.29) is 35.3 Å². The molecule has 3 rings (SSSR count). The first-order valence-corrected chi connectivity index (χ1v) is 12.6. The monoisotopic (exact) mass is 544 g/mol. The molecule has 0 bridgehead atoms. The lowest BCUT2D eigenvalue weighted by Gasteiger charge is -2.17. The molecule has 0 amide bonds. The van der Waals surface area contributed by atoms with Gasteiger partial charge in [-0.25, -0.2) is 9.59 Å². The highest BCUT2D eigenvalue weighted by Gasteiger charge is 2.30. The van der Waals surface area contributed by atoms with Gasteiger partial charge >= 0.3 is 23.5 Å². The Kier molecular flexibility index (Phi) is 9.31. The summed E-state index contributed by atoms with van der Waals surface area (Å²) in [6.45, 7) is 3.58. The number of rotatable bonds is 11. The fourth-order valence-electron chi connectivity index (χ4n) is 3.33. The molecule has 37 heavy (non-hydrogen) atoms. The van der Waals surface area contributed by atoms with Crippen molar-refractivity contribution in [1.82, 2.24) is 9.97 Å². The molecule has 0 radical (unpaired) electrons. The first-order valence-electron chi connectivity index (χ1n) is 11.0. The number of nitrogens with zero attached hydrogens (tertiary/aromatic N) is 3. The fourth-order valence-corrected chi connectivity index (χ4v) is 3.83. The van der Waals surface area contributed by atoms with Gasteiger partial charge in [0.2, 0.25) is 5.82 Å². The number of esters is 1. The first-order chi connectivity index (χ1) is 17.6. The summed E-state index contributed by atoms with van der Waals surface area (Å²) in [4.78, 5) is 44.5. The number of aromatic nitrogens is 2. The fraction of sp³-hybridized carbons (Fsp3) is 0.250. The van der Waals surface area contributed by atoms with Crippen molar-refractivity contribution < 1.29 is 29.1 Å². The molecule has 2 N–H and O–H groups in total. The zero-order chi connectivity index (χ0) is 27.1. The van der Waals surface area contributed by atoms with E-state index in [0.717, 1.165) is 11.8 Å². The van der Waals surface area contributed by atoms with Gasteiger partial charge in [-0.1, -0.05) is 23.9 Å². The standard InChI is InChI=1S/C24H24N4O7S2/c1-4-34-23(31)15-9-13(2)10-16(12-15)35-21-19(28(32)33)20(26-24(27-21)37-3)25-18(22(29)30)11-14-5-7-17(36)8-6-14/h5-10,12,18,36H,4,11H2,1-3H3,(H,29,30)(H,25,26,27). The number of nitro groups is 1. The van der Waals surface area contributed by atoms with Crippen molar-refractivity contribution in [3.63, 3.8) is 0 Å². The van der Waals surface area contributed by atoms with E-state index >= 15 is 0 Å². The number of ether oxygens (including phenoxy) is 2. The lowest BCUT2D eigenvalue weighted by atomic mass is 10.1. The highest BCUT2D eigenvalue weighted by atomic mass is 32.2. The molecule has 1 atom stereocenters. The lowest BCUT2D eigenvalue weighted by molar-refractivity contribution is -0.385. The molecule has 0 spiro atoms. The maximum atomic E-state index is 12.2. The minimum atomic E-state index is -1.24. The average Bonchev–Trinajstić information content (AvgIpc) is 2.84. The van der Waals surface area contributed by atoms with Crippen LogP contribution in [0, 0.1) is 17.0 Å². The maximum Gasteiger partial charge on any atom is 0.373 e. The van der Waals surface area contributed by atoms with Crippen LogP contribution >= 0.6 is 24.4 Å². The topological polar surface area (TPSA) is 154 Å². The van der Waals surface area contributed by atoms with Gasteiger partial charge in [0.05, 0.1) is 17.1 Å². The maximum absolute atomic E-state index is 12.2. The number of nitrogens with one attached hydrogen (secondary N) is 1. The molecule has 1 aromatic heterocycles. The Morgan fingerprint density at radius 3 is 2.51 bits per heavy atom. The summed E-state index contributed by atoms with van der Waals surface area (Å²) in [7, 11) is 0. The number of carbonyl (C=O) groups is 2. The van der Waals surface area contributed by atoms with Crippen LogP contribution in [0.2, 0.25) is 0 Å². The predicted molar refractivity (Wildman–Crippen MR) is 140 cm³/mol. The van der Waals surface area contributed by atoms with Crippen molar-refractivity contribution >= 4 is 47.8 Å². The van der Waals surface area contributed by atoms with E-state index in [0.29, 0.717) is 16.0 Å². The summed E-state index contributed by atoms with van der Waals surface area (Å²) < 4.78 is 10.8. The van der Waals surface area contributed by atoms with Gasteiger partial charge in [0.15, 0.2) is 5.16 Å². The normalized spacial score (nSPS) is 11.5. The number of carboxylic acid groups (broad SMARTS) is 1. The second kappa shape index (κ2) is 12.4. The second-order valence-electron chi connectivity index (χ2n) is 7.73. The van der Waals surface area contributed by atoms with Gasteiger partial charge in [-0.3, -0.25) is 10.1 Å². The number of thioether (sulfide) groups is 1. The van der Waals surface area contributed by atoms with Crippen molar-refractivity contribution in [2.24, 2.45) is 0 Å². The quantitative estimate of drug-likeness (QED) is 0.0763. The number of aryl methyl sites for hydroxylation is 1. The van der Waals surface area contributed by atoms with Gasteiger partial charge in [0.1, 0.15) is 11.8 Å². The number of anilines is 1. The van der Waals surface area contributed by atoms with Crippen LogP contribution in [0.4, 0.5) is 11.5 Å². The molecule has 0 aliphatic carbocycles. The minimum Gasteiger partial charge on any atom is -0.480 e. The van der Waals surface area contributed by atoms with E-state index in [9.17, 15) is 24.8 Å². The Balaban J connectivity index is 2.02. The largest absolute Gasteiger partial charge is 0.480 e. The van der Waals surface area contributed by atoms with Gasteiger partial charge in [-0.2, -0.15) is 9.97 Å². The number of hydrogen-bond acceptors (Lipinski definition) is 11. The van der Waals surface area contributed by atoms with Crippen LogP contribution < -0.4 is 10.1 Å². The first kappa shape index (κ1) is 27.7. The Labute approximate surface area is 222 Å². The number of aliphatic carboxylic acids is 1. The van der Waals surface area contributed by atoms with E-state index in [1.165, 1.54) is 6.07 Å². The molecule has 1 unspecified atom stereocenters. The van der Waals surface area contributed by atoms with Crippen LogP contribution in [0.15, 0.2) is 52.5 Å². The summed E-state index contributed by atoms with van der Waals surface area (Å²) in [5, 5.41) is 24.7. The molecular weight excluding hydrogens is 520 g/mol. The number of carboxylic acids is 1. The molecule has 13 heteroatoms. The molecule has 0 fully saturated rings. The molecule has 2 aromatic carbocycles. The number of hydrogen-bond donors (Lipinski definition) is 3. The van der Waals surface area contributed by atoms with Gasteiger partial charge < -0.3 is 19.9 Å². The molecule has 0 aliphatic heterocycles. The summed E-state index contributed by atoms with van der Waals surface area (Å²) >= 11 is 5.31. The van der Waals surface area contributed by atoms with Crippen molar-refractivity contribution in [2.75, 3.05) is 18.2 Å². The van der Waals surface area contributed by atoms with E-state index in [1.54, 1.807) is 56.5 Å². The van der Waals surface area contributed by atoms with Crippen LogP contribution in [-0.4, -0.2) is 50.8 Å². The summed E-state index contributed by atoms with van der Waals surface area (Å²) in [6, 6.07) is 10.2. The Morgan fingerprint density at radius 2 is 1.92 bits per heavy atom. The van der Waals surface area contributed by atoms with E-state index in [1.807, 2.05) is 0 Å². The zero-order valence-electron chi connectivity index (χ0n) is 20.1. The van der Waals surface area contributed by atoms with Crippen molar-refractivity contribution in [3.8, 4) is 11.6 Å². The molecule has 1 heterocycles. The van der Waals surface area contributed by atoms with Gasteiger partial charge in [-0.15, -0.1) is 12.6 Å². The molecule has 0 aliphatic rings. The molecular formula is C24H24N4O7S2. The second-order valence-corrected chi connectivity index (χ2v) is 9.02. The van der Waals surface area contributed by atoms with Crippen molar-refractivity contribution in [1.29, 1.82) is 0 Å². The summed E-state index contributed by atoms with van der Waals surface area (Å²) in [5.41, 5.74) is 0.894. The third-order valence-electron chi connectivity index (χ3n) is 4.96. The molecule has 0 saturated carbocycles. The van der Waals surface area contributed by atoms with Crippen LogP contribution in [0.5, 0.6) is 11.6 Å². The molecule has 0 saturated heterocycles. The highest BCUT2D eigenvalue weighted by molar-refractivity contribution is 7.98. The zero-order valence-corrected chi connectivity index (χ0v) is 21.8. The van der Waals surface area contributed by atoms with Gasteiger partial charge in [0, 0.05) is 11.3 Å². The Hall–Kier alpha value is -3.84. The number of carbonyl (C=O) groups excluding carboxylic acids is 1. The Morgan fingerprint density at radius 1 is 1.22 bits per heavy atom. The number of benzene rings is 2. The van der Waals surface area contributed by atoms with Crippen LogP contribution in [0.3, 0.4) is 0 Å². The molecule has 194 valence electrons. The molecule has 11 nitrogen and oxygen atoms in total. The third kappa shape index (κ3) is 7.33. The predicted octanol–water partition coefficient (Wildman–Crippen LogP) is 4.78. The Bertz CT molecular complexity index is 1320. The third-order valence-corrected chi connectivity index (χ3v) is 5.80. The highest BCUT2D eigenvalue weighted by Crippen LogP contribution is 2.37. The summed E-state index contributed by atoms with van der Waals surface area (Å²) in [5.74, 6) is -2.40. The van der Waals surface area contributed by atoms with E-state index in [4.69, 9.17) is 9.47 Å². The van der Waals surface area contributed by atoms with Crippen molar-refractivity contribution in [3.05, 3.63) is 69.3 Å². The summed E-state index contributed by atoms with van der Waals surface area (Å²) in [6.07, 6.45) is 1.68. The van der Waals surface area contributed by atoms with Gasteiger partial charge in [-0.05, 0) is 61.6 Å². The van der Waals surface area contributed by atoms with E-state index < -0.39 is 34.5 Å². The number of thiol groups is 1. The minimum absolute atomic E-state index is 0.0239. The molecule has 3 aromatic rings. The van der Waals surface area contributed by atoms with Crippen LogP contribution in [0.1, 0.15) is 28.4 Å². The van der Waals surface area contributed by atoms with Crippen LogP contribution in [0.25, 0.3) is 0 Å². The smallest absolute Gasteiger partial charge is 0.373 e. The van der Waals surface area contributed by atoms with Gasteiger partial charge in [0.25, 0.3) is 0 Å². The lowest BCUT2D eigenvalue weighted by Crippen LogP contribution is -2.32.